The maximum atomic E-state index is 5.82. The average Bonchev–Trinajstić information content (AvgIpc) is 3.17. The van der Waals surface area contributed by atoms with Gasteiger partial charge in [-0.15, -0.1) is 0 Å². The van der Waals surface area contributed by atoms with Crippen molar-refractivity contribution in [3.05, 3.63) is 29.8 Å². The average molecular weight is 305 g/mol. The van der Waals surface area contributed by atoms with Crippen molar-refractivity contribution in [1.82, 2.24) is 16.2 Å². The summed E-state index contributed by atoms with van der Waals surface area (Å²) in [6.45, 7) is 4.77. The van der Waals surface area contributed by atoms with E-state index < -0.39 is 0 Å². The third kappa shape index (κ3) is 3.60. The zero-order valence-corrected chi connectivity index (χ0v) is 13.5. The summed E-state index contributed by atoms with van der Waals surface area (Å²) in [6.07, 6.45) is 2.53. The van der Waals surface area contributed by atoms with Crippen LogP contribution in [0.1, 0.15) is 31.4 Å². The molecular formula is C17H27N3O2. The Labute approximate surface area is 132 Å². The van der Waals surface area contributed by atoms with Crippen molar-refractivity contribution in [1.29, 1.82) is 0 Å². The molecule has 122 valence electrons. The van der Waals surface area contributed by atoms with Crippen LogP contribution in [0.2, 0.25) is 0 Å². The summed E-state index contributed by atoms with van der Waals surface area (Å²) < 4.78 is 11.4. The molecule has 22 heavy (non-hydrogen) atoms. The first-order valence-corrected chi connectivity index (χ1v) is 8.28. The standard InChI is InChI=1S/C17H27N3O2/c1-12-16(10-18-2)19-20-17(12)13-5-7-14(8-6-13)22-11-15-4-3-9-21-15/h5-8,12,15-20H,3-4,9-11H2,1-2H3. The van der Waals surface area contributed by atoms with Gasteiger partial charge in [0.1, 0.15) is 12.4 Å². The van der Waals surface area contributed by atoms with Crippen molar-refractivity contribution in [2.75, 3.05) is 26.8 Å². The van der Waals surface area contributed by atoms with Gasteiger partial charge in [-0.2, -0.15) is 0 Å². The minimum atomic E-state index is 0.266. The normalized spacial score (nSPS) is 31.5. The van der Waals surface area contributed by atoms with E-state index >= 15 is 0 Å². The lowest BCUT2D eigenvalue weighted by Crippen LogP contribution is -2.38. The van der Waals surface area contributed by atoms with E-state index in [0.29, 0.717) is 24.6 Å². The quantitative estimate of drug-likeness (QED) is 0.746. The third-order valence-corrected chi connectivity index (χ3v) is 4.71. The lowest BCUT2D eigenvalue weighted by atomic mass is 9.91. The summed E-state index contributed by atoms with van der Waals surface area (Å²) in [5.74, 6) is 1.45. The van der Waals surface area contributed by atoms with E-state index in [1.165, 1.54) is 5.56 Å². The van der Waals surface area contributed by atoms with E-state index in [1.807, 2.05) is 7.05 Å². The molecule has 3 rings (SSSR count). The molecule has 0 aromatic heterocycles. The first kappa shape index (κ1) is 15.7. The first-order chi connectivity index (χ1) is 10.8. The fraction of sp³-hybridized carbons (Fsp3) is 0.647. The Kier molecular flexibility index (Phi) is 5.31. The van der Waals surface area contributed by atoms with Gasteiger partial charge in [0.2, 0.25) is 0 Å². The molecule has 0 amide bonds. The molecular weight excluding hydrogens is 278 g/mol. The van der Waals surface area contributed by atoms with Gasteiger partial charge in [-0.25, -0.2) is 5.43 Å². The maximum absolute atomic E-state index is 5.82. The molecule has 0 radical (unpaired) electrons. The fourth-order valence-corrected chi connectivity index (χ4v) is 3.27. The zero-order valence-electron chi connectivity index (χ0n) is 13.5. The van der Waals surface area contributed by atoms with Crippen LogP contribution in [0.25, 0.3) is 0 Å². The molecule has 5 heteroatoms. The smallest absolute Gasteiger partial charge is 0.119 e. The molecule has 2 aliphatic rings. The van der Waals surface area contributed by atoms with Crippen LogP contribution in [-0.4, -0.2) is 39.0 Å². The van der Waals surface area contributed by atoms with Gasteiger partial charge in [-0.1, -0.05) is 19.1 Å². The van der Waals surface area contributed by atoms with Gasteiger partial charge in [0.25, 0.3) is 0 Å². The van der Waals surface area contributed by atoms with Gasteiger partial charge < -0.3 is 14.8 Å². The Morgan fingerprint density at radius 1 is 1.27 bits per heavy atom. The van der Waals surface area contributed by atoms with Crippen LogP contribution in [0.15, 0.2) is 24.3 Å². The Balaban J connectivity index is 1.54. The summed E-state index contributed by atoms with van der Waals surface area (Å²) in [4.78, 5) is 0. The molecule has 2 saturated heterocycles. The second-order valence-corrected chi connectivity index (χ2v) is 6.30. The van der Waals surface area contributed by atoms with Gasteiger partial charge >= 0.3 is 0 Å². The Bertz CT molecular complexity index is 459. The van der Waals surface area contributed by atoms with E-state index in [9.17, 15) is 0 Å². The number of hydrogen-bond donors (Lipinski definition) is 3. The van der Waals surface area contributed by atoms with E-state index in [4.69, 9.17) is 9.47 Å². The molecule has 0 aliphatic carbocycles. The van der Waals surface area contributed by atoms with Crippen molar-refractivity contribution in [3.63, 3.8) is 0 Å². The summed E-state index contributed by atoms with van der Waals surface area (Å²) in [6, 6.07) is 9.22. The monoisotopic (exact) mass is 305 g/mol. The van der Waals surface area contributed by atoms with Crippen molar-refractivity contribution in [2.45, 2.75) is 38.0 Å². The number of ether oxygens (including phenoxy) is 2. The molecule has 2 fully saturated rings. The Morgan fingerprint density at radius 2 is 2.09 bits per heavy atom. The largest absolute Gasteiger partial charge is 0.491 e. The van der Waals surface area contributed by atoms with Crippen molar-refractivity contribution >= 4 is 0 Å². The number of hydrazine groups is 1. The number of rotatable bonds is 6. The number of nitrogens with one attached hydrogen (secondary N) is 3. The molecule has 4 unspecified atom stereocenters. The van der Waals surface area contributed by atoms with Gasteiger partial charge in [-0.05, 0) is 43.5 Å². The molecule has 5 nitrogen and oxygen atoms in total. The molecule has 4 atom stereocenters. The molecule has 0 bridgehead atoms. The van der Waals surface area contributed by atoms with Crippen LogP contribution in [0.5, 0.6) is 5.75 Å². The van der Waals surface area contributed by atoms with E-state index in [2.05, 4.69) is 47.4 Å². The lowest BCUT2D eigenvalue weighted by molar-refractivity contribution is 0.0679. The van der Waals surface area contributed by atoms with E-state index in [0.717, 1.165) is 31.7 Å². The first-order valence-electron chi connectivity index (χ1n) is 8.28. The minimum Gasteiger partial charge on any atom is -0.491 e. The fourth-order valence-electron chi connectivity index (χ4n) is 3.27. The number of likely N-dealkylation sites (N-methyl/N-ethyl adjacent to an activating group) is 1. The van der Waals surface area contributed by atoms with Crippen molar-refractivity contribution < 1.29 is 9.47 Å². The predicted molar refractivity (Wildman–Crippen MR) is 86.8 cm³/mol. The molecule has 1 aromatic carbocycles. The van der Waals surface area contributed by atoms with Gasteiger partial charge in [-0.3, -0.25) is 5.43 Å². The topological polar surface area (TPSA) is 54.5 Å². The van der Waals surface area contributed by atoms with Crippen molar-refractivity contribution in [3.8, 4) is 5.75 Å². The van der Waals surface area contributed by atoms with Crippen LogP contribution in [0.4, 0.5) is 0 Å². The van der Waals surface area contributed by atoms with Crippen molar-refractivity contribution in [2.24, 2.45) is 5.92 Å². The molecule has 3 N–H and O–H groups in total. The minimum absolute atomic E-state index is 0.266. The number of benzene rings is 1. The van der Waals surface area contributed by atoms with Crippen LogP contribution < -0.4 is 20.9 Å². The summed E-state index contributed by atoms with van der Waals surface area (Å²) in [5.41, 5.74) is 8.07. The van der Waals surface area contributed by atoms with Crippen LogP contribution in [0, 0.1) is 5.92 Å². The zero-order chi connectivity index (χ0) is 15.4. The summed E-state index contributed by atoms with van der Waals surface area (Å²) >= 11 is 0. The highest BCUT2D eigenvalue weighted by atomic mass is 16.5. The molecule has 2 aliphatic heterocycles. The molecule has 0 spiro atoms. The highest BCUT2D eigenvalue weighted by Gasteiger charge is 2.32. The second kappa shape index (κ2) is 7.42. The highest BCUT2D eigenvalue weighted by Crippen LogP contribution is 2.29. The lowest BCUT2D eigenvalue weighted by Gasteiger charge is -2.19. The maximum Gasteiger partial charge on any atom is 0.119 e. The van der Waals surface area contributed by atoms with Gasteiger partial charge in [0, 0.05) is 19.2 Å². The highest BCUT2D eigenvalue weighted by molar-refractivity contribution is 5.30. The predicted octanol–water partition coefficient (Wildman–Crippen LogP) is 1.62. The summed E-state index contributed by atoms with van der Waals surface area (Å²) in [5, 5.41) is 3.23. The SMILES string of the molecule is CNCC1NNC(c2ccc(OCC3CCCO3)cc2)C1C. The second-order valence-electron chi connectivity index (χ2n) is 6.30. The van der Waals surface area contributed by atoms with Crippen LogP contribution in [-0.2, 0) is 4.74 Å². The van der Waals surface area contributed by atoms with Gasteiger partial charge in [0.05, 0.1) is 12.1 Å². The molecule has 1 aromatic rings. The Hall–Kier alpha value is -1.14. The van der Waals surface area contributed by atoms with Crippen LogP contribution in [0.3, 0.4) is 0 Å². The number of hydrogen-bond acceptors (Lipinski definition) is 5. The summed E-state index contributed by atoms with van der Waals surface area (Å²) in [7, 11) is 1.99. The van der Waals surface area contributed by atoms with E-state index in [-0.39, 0.29) is 6.10 Å². The Morgan fingerprint density at radius 3 is 2.77 bits per heavy atom. The van der Waals surface area contributed by atoms with Gasteiger partial charge in [0.15, 0.2) is 0 Å². The van der Waals surface area contributed by atoms with E-state index in [1.54, 1.807) is 0 Å². The third-order valence-electron chi connectivity index (χ3n) is 4.71. The molecule has 2 heterocycles. The molecule has 0 saturated carbocycles. The van der Waals surface area contributed by atoms with Crippen LogP contribution >= 0.6 is 0 Å².